The Bertz CT molecular complexity index is 524. The zero-order valence-corrected chi connectivity index (χ0v) is 12.5. The zero-order valence-electron chi connectivity index (χ0n) is 11.7. The minimum atomic E-state index is 0.829. The van der Waals surface area contributed by atoms with Gasteiger partial charge in [-0.25, -0.2) is 4.98 Å². The smallest absolute Gasteiger partial charge is 0.0897 e. The first-order valence-electron chi connectivity index (χ1n) is 6.45. The Balaban J connectivity index is 1.94. The van der Waals surface area contributed by atoms with Crippen LogP contribution >= 0.6 is 11.3 Å². The molecule has 0 aliphatic heterocycles. The second kappa shape index (κ2) is 6.63. The molecule has 4 nitrogen and oxygen atoms in total. The molecular weight excluding hydrogens is 256 g/mol. The number of nitrogens with one attached hydrogen (secondary N) is 1. The van der Waals surface area contributed by atoms with Crippen molar-refractivity contribution in [2.45, 2.75) is 26.9 Å². The summed E-state index contributed by atoms with van der Waals surface area (Å²) < 4.78 is 0. The lowest BCUT2D eigenvalue weighted by molar-refractivity contribution is 0.312. The van der Waals surface area contributed by atoms with Crippen molar-refractivity contribution in [2.75, 3.05) is 18.9 Å². The van der Waals surface area contributed by atoms with Crippen molar-refractivity contribution in [1.29, 1.82) is 0 Å². The number of hydrogen-bond donors (Lipinski definition) is 1. The van der Waals surface area contributed by atoms with Gasteiger partial charge in [-0.3, -0.25) is 9.88 Å². The fraction of sp³-hybridized carbons (Fsp3) is 0.429. The number of aromatic nitrogens is 2. The molecule has 0 spiro atoms. The van der Waals surface area contributed by atoms with E-state index < -0.39 is 0 Å². The Morgan fingerprint density at radius 3 is 2.79 bits per heavy atom. The van der Waals surface area contributed by atoms with Gasteiger partial charge in [0.05, 0.1) is 16.4 Å². The van der Waals surface area contributed by atoms with E-state index in [0.29, 0.717) is 0 Å². The van der Waals surface area contributed by atoms with Crippen molar-refractivity contribution in [3.63, 3.8) is 0 Å². The van der Waals surface area contributed by atoms with Crippen LogP contribution in [0.15, 0.2) is 23.7 Å². The molecule has 0 saturated carbocycles. The zero-order chi connectivity index (χ0) is 13.7. The molecule has 2 aromatic heterocycles. The number of aryl methyl sites for hydroxylation is 1. The Morgan fingerprint density at radius 2 is 2.11 bits per heavy atom. The molecule has 0 unspecified atom stereocenters. The molecule has 0 aromatic carbocycles. The fourth-order valence-electron chi connectivity index (χ4n) is 1.97. The maximum Gasteiger partial charge on any atom is 0.0897 e. The molecule has 0 amide bonds. The van der Waals surface area contributed by atoms with E-state index in [-0.39, 0.29) is 0 Å². The highest BCUT2D eigenvalue weighted by Gasteiger charge is 2.06. The molecule has 1 N–H and O–H groups in total. The Morgan fingerprint density at radius 1 is 1.32 bits per heavy atom. The first kappa shape index (κ1) is 14.0. The van der Waals surface area contributed by atoms with Crippen molar-refractivity contribution in [1.82, 2.24) is 14.9 Å². The molecular formula is C14H20N4S. The summed E-state index contributed by atoms with van der Waals surface area (Å²) in [6, 6.07) is 4.10. The number of nitrogens with zero attached hydrogens (tertiary/aromatic N) is 3. The normalized spacial score (nSPS) is 10.9. The van der Waals surface area contributed by atoms with Crippen LogP contribution in [0.3, 0.4) is 0 Å². The molecule has 2 heterocycles. The second-order valence-corrected chi connectivity index (χ2v) is 5.66. The van der Waals surface area contributed by atoms with Gasteiger partial charge in [-0.2, -0.15) is 0 Å². The summed E-state index contributed by atoms with van der Waals surface area (Å²) in [4.78, 5) is 11.1. The number of rotatable bonds is 6. The standard InChI is InChI=1S/C14H20N4S/c1-4-15-12-5-6-16-13(7-12)8-18(3)9-14-10-19-11(2)17-14/h5-7,10H,4,8-9H2,1-3H3,(H,15,16). The van der Waals surface area contributed by atoms with E-state index in [4.69, 9.17) is 0 Å². The molecule has 0 aliphatic rings. The monoisotopic (exact) mass is 276 g/mol. The first-order chi connectivity index (χ1) is 9.17. The quantitative estimate of drug-likeness (QED) is 0.881. The van der Waals surface area contributed by atoms with Gasteiger partial charge in [0.15, 0.2) is 0 Å². The minimum absolute atomic E-state index is 0.829. The topological polar surface area (TPSA) is 41.1 Å². The van der Waals surface area contributed by atoms with E-state index in [1.807, 2.05) is 19.2 Å². The van der Waals surface area contributed by atoms with E-state index in [0.717, 1.165) is 41.7 Å². The number of pyridine rings is 1. The molecule has 5 heteroatoms. The van der Waals surface area contributed by atoms with Crippen molar-refractivity contribution in [2.24, 2.45) is 0 Å². The molecule has 2 rings (SSSR count). The van der Waals surface area contributed by atoms with Crippen LogP contribution in [0.5, 0.6) is 0 Å². The average Bonchev–Trinajstić information content (AvgIpc) is 2.75. The van der Waals surface area contributed by atoms with Gasteiger partial charge in [0.25, 0.3) is 0 Å². The first-order valence-corrected chi connectivity index (χ1v) is 7.33. The van der Waals surface area contributed by atoms with Crippen LogP contribution in [0.25, 0.3) is 0 Å². The van der Waals surface area contributed by atoms with Gasteiger partial charge in [-0.15, -0.1) is 11.3 Å². The van der Waals surface area contributed by atoms with E-state index in [9.17, 15) is 0 Å². The lowest BCUT2D eigenvalue weighted by Gasteiger charge is -2.15. The summed E-state index contributed by atoms with van der Waals surface area (Å²) in [6.07, 6.45) is 1.86. The molecule has 0 atom stereocenters. The van der Waals surface area contributed by atoms with Crippen LogP contribution in [-0.4, -0.2) is 28.5 Å². The molecule has 0 aliphatic carbocycles. The van der Waals surface area contributed by atoms with Gasteiger partial charge in [0, 0.05) is 36.9 Å². The lowest BCUT2D eigenvalue weighted by Crippen LogP contribution is -2.18. The van der Waals surface area contributed by atoms with Gasteiger partial charge in [0.1, 0.15) is 0 Å². The number of anilines is 1. The minimum Gasteiger partial charge on any atom is -0.385 e. The third-order valence-corrected chi connectivity index (χ3v) is 3.55. The summed E-state index contributed by atoms with van der Waals surface area (Å²) in [5.41, 5.74) is 3.34. The van der Waals surface area contributed by atoms with E-state index in [2.05, 4.69) is 45.6 Å². The van der Waals surface area contributed by atoms with Gasteiger partial charge in [-0.05, 0) is 33.0 Å². The lowest BCUT2D eigenvalue weighted by atomic mass is 10.3. The molecule has 19 heavy (non-hydrogen) atoms. The second-order valence-electron chi connectivity index (χ2n) is 4.60. The Labute approximate surface area is 118 Å². The Hall–Kier alpha value is -1.46. The summed E-state index contributed by atoms with van der Waals surface area (Å²) in [7, 11) is 2.09. The predicted octanol–water partition coefficient (Wildman–Crippen LogP) is 2.91. The van der Waals surface area contributed by atoms with Gasteiger partial charge < -0.3 is 5.32 Å². The van der Waals surface area contributed by atoms with Crippen LogP contribution in [0.1, 0.15) is 23.3 Å². The maximum atomic E-state index is 4.48. The van der Waals surface area contributed by atoms with Crippen molar-refractivity contribution < 1.29 is 0 Å². The van der Waals surface area contributed by atoms with E-state index >= 15 is 0 Å². The molecule has 0 radical (unpaired) electrons. The van der Waals surface area contributed by atoms with Crippen molar-refractivity contribution in [3.05, 3.63) is 40.1 Å². The largest absolute Gasteiger partial charge is 0.385 e. The molecule has 2 aromatic rings. The van der Waals surface area contributed by atoms with Gasteiger partial charge in [-0.1, -0.05) is 0 Å². The number of thiazole rings is 1. The van der Waals surface area contributed by atoms with E-state index in [1.165, 1.54) is 0 Å². The van der Waals surface area contributed by atoms with Crippen molar-refractivity contribution in [3.8, 4) is 0 Å². The summed E-state index contributed by atoms with van der Waals surface area (Å²) >= 11 is 1.70. The fourth-order valence-corrected chi connectivity index (χ4v) is 2.57. The maximum absolute atomic E-state index is 4.48. The Kier molecular flexibility index (Phi) is 4.87. The van der Waals surface area contributed by atoms with E-state index in [1.54, 1.807) is 11.3 Å². The van der Waals surface area contributed by atoms with Crippen LogP contribution in [-0.2, 0) is 13.1 Å². The highest BCUT2D eigenvalue weighted by molar-refractivity contribution is 7.09. The summed E-state index contributed by atoms with van der Waals surface area (Å²) in [6.45, 7) is 6.75. The predicted molar refractivity (Wildman–Crippen MR) is 80.4 cm³/mol. The van der Waals surface area contributed by atoms with Crippen LogP contribution in [0, 0.1) is 6.92 Å². The third-order valence-electron chi connectivity index (χ3n) is 2.73. The van der Waals surface area contributed by atoms with Gasteiger partial charge >= 0.3 is 0 Å². The highest BCUT2D eigenvalue weighted by Crippen LogP contribution is 2.13. The van der Waals surface area contributed by atoms with Crippen LogP contribution in [0.4, 0.5) is 5.69 Å². The summed E-state index contributed by atoms with van der Waals surface area (Å²) in [5.74, 6) is 0. The highest BCUT2D eigenvalue weighted by atomic mass is 32.1. The third kappa shape index (κ3) is 4.29. The molecule has 0 fully saturated rings. The van der Waals surface area contributed by atoms with Gasteiger partial charge in [0.2, 0.25) is 0 Å². The average molecular weight is 276 g/mol. The summed E-state index contributed by atoms with van der Waals surface area (Å²) in [5, 5.41) is 6.55. The van der Waals surface area contributed by atoms with Crippen LogP contribution < -0.4 is 5.32 Å². The SMILES string of the molecule is CCNc1ccnc(CN(C)Cc2csc(C)n2)c1. The van der Waals surface area contributed by atoms with Crippen LogP contribution in [0.2, 0.25) is 0 Å². The molecule has 102 valence electrons. The molecule has 0 saturated heterocycles. The van der Waals surface area contributed by atoms with Crippen molar-refractivity contribution >= 4 is 17.0 Å². The molecule has 0 bridgehead atoms. The number of hydrogen-bond acceptors (Lipinski definition) is 5.